The predicted octanol–water partition coefficient (Wildman–Crippen LogP) is 6.08. The van der Waals surface area contributed by atoms with Crippen molar-refractivity contribution in [2.45, 2.75) is 13.8 Å². The molecule has 5 rings (SSSR count). The summed E-state index contributed by atoms with van der Waals surface area (Å²) in [4.78, 5) is 17.6. The summed E-state index contributed by atoms with van der Waals surface area (Å²) in [6, 6.07) is 22.3. The van der Waals surface area contributed by atoms with Gasteiger partial charge in [0.05, 0.1) is 10.2 Å². The van der Waals surface area contributed by atoms with Crippen molar-refractivity contribution in [3.63, 3.8) is 0 Å². The van der Waals surface area contributed by atoms with Crippen LogP contribution in [-0.2, 0) is 0 Å². The van der Waals surface area contributed by atoms with Gasteiger partial charge in [0.1, 0.15) is 10.5 Å². The van der Waals surface area contributed by atoms with Crippen molar-refractivity contribution in [3.05, 3.63) is 78.0 Å². The lowest BCUT2D eigenvalue weighted by Crippen LogP contribution is -1.98. The van der Waals surface area contributed by atoms with E-state index in [0.29, 0.717) is 5.56 Å². The minimum atomic E-state index is 0.0219. The topological polar surface area (TPSA) is 55.7 Å². The maximum Gasteiger partial charge on any atom is 0.161 e. The number of fused-ring (bicyclic) bond motifs is 3. The summed E-state index contributed by atoms with van der Waals surface area (Å²) < 4.78 is 0.951. The third kappa shape index (κ3) is 2.91. The average molecular weight is 395 g/mol. The highest BCUT2D eigenvalue weighted by atomic mass is 32.1. The quantitative estimate of drug-likeness (QED) is 0.347. The van der Waals surface area contributed by atoms with E-state index >= 15 is 0 Å². The van der Waals surface area contributed by atoms with Gasteiger partial charge in [-0.1, -0.05) is 60.7 Å². The highest BCUT2D eigenvalue weighted by molar-refractivity contribution is 7.25. The molecule has 0 amide bonds. The standard InChI is InChI=1S/C24H17N3OS/c1-14-18(15(2)28)13-19-23(25-14)21-20(16-9-5-3-6-10-16)22(26-27-24(21)29-19)17-11-7-4-8-12-17/h3-13H,1-2H3. The second-order valence-corrected chi connectivity index (χ2v) is 7.99. The molecule has 0 N–H and O–H groups in total. The van der Waals surface area contributed by atoms with Crippen LogP contribution in [0.5, 0.6) is 0 Å². The smallest absolute Gasteiger partial charge is 0.161 e. The van der Waals surface area contributed by atoms with Crippen molar-refractivity contribution in [2.24, 2.45) is 0 Å². The highest BCUT2D eigenvalue weighted by Crippen LogP contribution is 2.42. The fourth-order valence-electron chi connectivity index (χ4n) is 3.70. The van der Waals surface area contributed by atoms with Crippen LogP contribution in [0.15, 0.2) is 66.7 Å². The molecule has 29 heavy (non-hydrogen) atoms. The van der Waals surface area contributed by atoms with Gasteiger partial charge in [-0.15, -0.1) is 21.5 Å². The lowest BCUT2D eigenvalue weighted by atomic mass is 9.96. The number of hydrogen-bond acceptors (Lipinski definition) is 5. The van der Waals surface area contributed by atoms with E-state index in [1.54, 1.807) is 6.92 Å². The Bertz CT molecular complexity index is 1380. The molecule has 0 aliphatic heterocycles. The van der Waals surface area contributed by atoms with Crippen molar-refractivity contribution in [1.82, 2.24) is 15.2 Å². The number of thiophene rings is 1. The van der Waals surface area contributed by atoms with E-state index in [2.05, 4.69) is 22.3 Å². The van der Waals surface area contributed by atoms with Crippen molar-refractivity contribution >= 4 is 37.6 Å². The molecule has 3 aromatic heterocycles. The molecule has 5 aromatic rings. The van der Waals surface area contributed by atoms with Gasteiger partial charge in [-0.25, -0.2) is 0 Å². The maximum absolute atomic E-state index is 12.0. The van der Waals surface area contributed by atoms with E-state index in [1.165, 1.54) is 11.3 Å². The Morgan fingerprint density at radius 1 is 0.897 bits per heavy atom. The fraction of sp³-hybridized carbons (Fsp3) is 0.0833. The summed E-state index contributed by atoms with van der Waals surface area (Å²) in [5, 5.41) is 10.1. The predicted molar refractivity (Wildman–Crippen MR) is 118 cm³/mol. The van der Waals surface area contributed by atoms with E-state index < -0.39 is 0 Å². The van der Waals surface area contributed by atoms with Gasteiger partial charge < -0.3 is 0 Å². The molecule has 0 atom stereocenters. The molecule has 0 saturated heterocycles. The second-order valence-electron chi connectivity index (χ2n) is 6.96. The number of carbonyl (C=O) groups excluding carboxylic acids is 1. The van der Waals surface area contributed by atoms with Crippen molar-refractivity contribution in [2.75, 3.05) is 0 Å². The lowest BCUT2D eigenvalue weighted by molar-refractivity contribution is 0.101. The first-order valence-electron chi connectivity index (χ1n) is 9.36. The first kappa shape index (κ1) is 17.6. The average Bonchev–Trinajstić information content (AvgIpc) is 3.11. The third-order valence-electron chi connectivity index (χ3n) is 5.05. The Labute approximate surface area is 171 Å². The Balaban J connectivity index is 1.94. The molecule has 4 nitrogen and oxygen atoms in total. The minimum absolute atomic E-state index is 0.0219. The second kappa shape index (κ2) is 6.87. The molecular weight excluding hydrogens is 378 g/mol. The first-order chi connectivity index (χ1) is 14.1. The number of hydrogen-bond donors (Lipinski definition) is 0. The van der Waals surface area contributed by atoms with Crippen LogP contribution in [0, 0.1) is 6.92 Å². The van der Waals surface area contributed by atoms with Crippen LogP contribution in [0.1, 0.15) is 23.0 Å². The number of carbonyl (C=O) groups is 1. The zero-order valence-corrected chi connectivity index (χ0v) is 16.8. The molecule has 3 heterocycles. The van der Waals surface area contributed by atoms with E-state index in [9.17, 15) is 4.79 Å². The molecule has 0 aliphatic rings. The molecule has 140 valence electrons. The van der Waals surface area contributed by atoms with Gasteiger partial charge >= 0.3 is 0 Å². The van der Waals surface area contributed by atoms with Gasteiger partial charge in [0, 0.05) is 27.8 Å². The van der Waals surface area contributed by atoms with E-state index in [-0.39, 0.29) is 5.78 Å². The molecular formula is C24H17N3OS. The van der Waals surface area contributed by atoms with E-state index in [4.69, 9.17) is 4.98 Å². The Kier molecular flexibility index (Phi) is 4.18. The molecule has 0 aliphatic carbocycles. The monoisotopic (exact) mass is 395 g/mol. The van der Waals surface area contributed by atoms with Crippen molar-refractivity contribution < 1.29 is 4.79 Å². The Morgan fingerprint density at radius 2 is 1.55 bits per heavy atom. The number of Topliss-reactive ketones (excluding diaryl/α,β-unsaturated/α-hetero) is 1. The summed E-state index contributed by atoms with van der Waals surface area (Å²) in [6.45, 7) is 3.46. The zero-order valence-electron chi connectivity index (χ0n) is 16.0. The minimum Gasteiger partial charge on any atom is -0.294 e. The van der Waals surface area contributed by atoms with Gasteiger partial charge in [-0.2, -0.15) is 0 Å². The zero-order chi connectivity index (χ0) is 20.0. The third-order valence-corrected chi connectivity index (χ3v) is 6.06. The van der Waals surface area contributed by atoms with Gasteiger partial charge in [0.15, 0.2) is 5.78 Å². The number of nitrogens with zero attached hydrogens (tertiary/aromatic N) is 3. The molecule has 2 aromatic carbocycles. The molecule has 0 fully saturated rings. The van der Waals surface area contributed by atoms with E-state index in [0.717, 1.165) is 48.5 Å². The van der Waals surface area contributed by atoms with E-state index in [1.807, 2.05) is 61.5 Å². The van der Waals surface area contributed by atoms with Crippen LogP contribution >= 0.6 is 11.3 Å². The van der Waals surface area contributed by atoms with Gasteiger partial charge in [-0.3, -0.25) is 9.78 Å². The number of rotatable bonds is 3. The fourth-order valence-corrected chi connectivity index (χ4v) is 4.71. The van der Waals surface area contributed by atoms with Crippen LogP contribution in [-0.4, -0.2) is 21.0 Å². The van der Waals surface area contributed by atoms with Gasteiger partial charge in [0.25, 0.3) is 0 Å². The van der Waals surface area contributed by atoms with Crippen LogP contribution in [0.3, 0.4) is 0 Å². The summed E-state index contributed by atoms with van der Waals surface area (Å²) in [5.41, 5.74) is 6.20. The molecule has 0 radical (unpaired) electrons. The SMILES string of the molecule is CC(=O)c1cc2sc3nnc(-c4ccccc4)c(-c4ccccc4)c3c2nc1C. The number of aryl methyl sites for hydroxylation is 1. The highest BCUT2D eigenvalue weighted by Gasteiger charge is 2.21. The summed E-state index contributed by atoms with van der Waals surface area (Å²) in [5.74, 6) is 0.0219. The van der Waals surface area contributed by atoms with Gasteiger partial charge in [0.2, 0.25) is 0 Å². The van der Waals surface area contributed by atoms with Crippen molar-refractivity contribution in [1.29, 1.82) is 0 Å². The number of ketones is 1. The Morgan fingerprint density at radius 3 is 2.21 bits per heavy atom. The number of benzene rings is 2. The largest absolute Gasteiger partial charge is 0.294 e. The molecule has 0 bridgehead atoms. The molecule has 0 spiro atoms. The van der Waals surface area contributed by atoms with Crippen LogP contribution < -0.4 is 0 Å². The van der Waals surface area contributed by atoms with Crippen LogP contribution in [0.25, 0.3) is 42.8 Å². The summed E-state index contributed by atoms with van der Waals surface area (Å²) in [6.07, 6.45) is 0. The summed E-state index contributed by atoms with van der Waals surface area (Å²) >= 11 is 1.53. The lowest BCUT2D eigenvalue weighted by Gasteiger charge is -2.10. The summed E-state index contributed by atoms with van der Waals surface area (Å²) in [7, 11) is 0. The first-order valence-corrected chi connectivity index (χ1v) is 10.2. The van der Waals surface area contributed by atoms with Crippen LogP contribution in [0.4, 0.5) is 0 Å². The number of aromatic nitrogens is 3. The number of pyridine rings is 1. The normalized spacial score (nSPS) is 11.2. The molecule has 0 unspecified atom stereocenters. The maximum atomic E-state index is 12.0. The Hall–Kier alpha value is -3.44. The molecule has 5 heteroatoms. The van der Waals surface area contributed by atoms with Crippen LogP contribution in [0.2, 0.25) is 0 Å². The van der Waals surface area contributed by atoms with Gasteiger partial charge in [-0.05, 0) is 25.5 Å². The van der Waals surface area contributed by atoms with Crippen molar-refractivity contribution in [3.8, 4) is 22.4 Å². The molecule has 0 saturated carbocycles.